The van der Waals surface area contributed by atoms with E-state index in [4.69, 9.17) is 16.6 Å². The Bertz CT molecular complexity index is 1150. The number of hydrogen-bond acceptors (Lipinski definition) is 5. The van der Waals surface area contributed by atoms with Gasteiger partial charge in [0.05, 0.1) is 23.6 Å². The van der Waals surface area contributed by atoms with Crippen LogP contribution in [0.1, 0.15) is 38.4 Å². The Hall–Kier alpha value is -2.00. The monoisotopic (exact) mass is 494 g/mol. The minimum absolute atomic E-state index is 0. The molecule has 0 saturated heterocycles. The molecule has 0 radical (unpaired) electrons. The summed E-state index contributed by atoms with van der Waals surface area (Å²) in [5.41, 5.74) is 2.81. The molecule has 0 saturated carbocycles. The number of carboxylic acid groups (broad SMARTS) is 1. The molecule has 2 atom stereocenters. The van der Waals surface area contributed by atoms with Crippen LogP contribution in [0.25, 0.3) is 28.7 Å². The van der Waals surface area contributed by atoms with E-state index in [-0.39, 0.29) is 47.7 Å². The van der Waals surface area contributed by atoms with Crippen molar-refractivity contribution in [1.82, 2.24) is 9.55 Å². The molecule has 2 N–H and O–H groups in total. The molecule has 0 fully saturated rings. The van der Waals surface area contributed by atoms with E-state index < -0.39 is 24.6 Å². The average Bonchev–Trinajstić information content (AvgIpc) is 3.12. The summed E-state index contributed by atoms with van der Waals surface area (Å²) in [6.45, 7) is 3.95. The fourth-order valence-corrected chi connectivity index (χ4v) is 3.74. The molecule has 0 unspecified atom stereocenters. The van der Waals surface area contributed by atoms with Crippen molar-refractivity contribution < 1.29 is 54.1 Å². The molecule has 3 aromatic rings. The number of aliphatic carboxylic acids is 1. The van der Waals surface area contributed by atoms with E-state index in [0.717, 1.165) is 5.56 Å². The van der Waals surface area contributed by atoms with E-state index in [0.29, 0.717) is 27.8 Å². The van der Waals surface area contributed by atoms with Crippen molar-refractivity contribution in [2.45, 2.75) is 44.8 Å². The van der Waals surface area contributed by atoms with Gasteiger partial charge in [-0.25, -0.2) is 9.37 Å². The molecule has 2 aromatic carbocycles. The Balaban J connectivity index is 0.00000408. The van der Waals surface area contributed by atoms with Gasteiger partial charge in [0.1, 0.15) is 11.6 Å². The van der Waals surface area contributed by atoms with Crippen molar-refractivity contribution in [3.8, 4) is 22.5 Å². The van der Waals surface area contributed by atoms with Crippen molar-refractivity contribution >= 4 is 23.8 Å². The summed E-state index contributed by atoms with van der Waals surface area (Å²) in [5, 5.41) is 31.3. The van der Waals surface area contributed by atoms with Crippen LogP contribution < -0.4 is 34.7 Å². The van der Waals surface area contributed by atoms with Gasteiger partial charge in [0.2, 0.25) is 0 Å². The second-order valence-corrected chi connectivity index (χ2v) is 8.52. The smallest absolute Gasteiger partial charge is 0.550 e. The molecule has 174 valence electrons. The quantitative estimate of drug-likeness (QED) is 0.430. The van der Waals surface area contributed by atoms with Crippen molar-refractivity contribution in [3.63, 3.8) is 0 Å². The predicted molar refractivity (Wildman–Crippen MR) is 124 cm³/mol. The van der Waals surface area contributed by atoms with Crippen molar-refractivity contribution in [3.05, 3.63) is 71.3 Å². The normalized spacial score (nSPS) is 13.1. The number of imidazole rings is 1. The van der Waals surface area contributed by atoms with E-state index in [1.165, 1.54) is 18.2 Å². The Labute approximate surface area is 225 Å². The van der Waals surface area contributed by atoms with Gasteiger partial charge in [-0.15, -0.1) is 0 Å². The number of rotatable bonds is 9. The number of aliphatic hydroxyl groups is 2. The Morgan fingerprint density at radius 3 is 2.44 bits per heavy atom. The molecule has 0 bridgehead atoms. The van der Waals surface area contributed by atoms with Gasteiger partial charge in [0.15, 0.2) is 0 Å². The second kappa shape index (κ2) is 12.6. The molecule has 0 aliphatic rings. The number of benzene rings is 2. The molecule has 6 nitrogen and oxygen atoms in total. The summed E-state index contributed by atoms with van der Waals surface area (Å²) in [7, 11) is 0. The Morgan fingerprint density at radius 2 is 1.85 bits per heavy atom. The van der Waals surface area contributed by atoms with Crippen LogP contribution in [-0.2, 0) is 4.79 Å². The summed E-state index contributed by atoms with van der Waals surface area (Å²) in [5.74, 6) is -1.04. The number of carboxylic acids is 1. The first-order chi connectivity index (χ1) is 15.7. The van der Waals surface area contributed by atoms with Gasteiger partial charge in [0.25, 0.3) is 0 Å². The molecular formula is C25H25ClFN2NaO4. The van der Waals surface area contributed by atoms with Gasteiger partial charge in [-0.05, 0) is 42.5 Å². The minimum Gasteiger partial charge on any atom is -0.550 e. The van der Waals surface area contributed by atoms with E-state index in [2.05, 4.69) is 0 Å². The molecule has 0 aliphatic carbocycles. The largest absolute Gasteiger partial charge is 1.00 e. The van der Waals surface area contributed by atoms with Crippen molar-refractivity contribution in [1.29, 1.82) is 0 Å². The third kappa shape index (κ3) is 7.25. The van der Waals surface area contributed by atoms with Crippen LogP contribution in [-0.4, -0.2) is 37.9 Å². The zero-order valence-corrected chi connectivity index (χ0v) is 22.0. The summed E-state index contributed by atoms with van der Waals surface area (Å²) in [4.78, 5) is 15.5. The van der Waals surface area contributed by atoms with Crippen molar-refractivity contribution in [2.24, 2.45) is 0 Å². The average molecular weight is 495 g/mol. The van der Waals surface area contributed by atoms with Crippen LogP contribution in [0.4, 0.5) is 4.39 Å². The maximum Gasteiger partial charge on any atom is 1.00 e. The van der Waals surface area contributed by atoms with Gasteiger partial charge in [0, 0.05) is 47.1 Å². The van der Waals surface area contributed by atoms with E-state index in [1.54, 1.807) is 30.5 Å². The van der Waals surface area contributed by atoms with Crippen LogP contribution in [0.3, 0.4) is 0 Å². The van der Waals surface area contributed by atoms with Crippen LogP contribution >= 0.6 is 11.6 Å². The van der Waals surface area contributed by atoms with Gasteiger partial charge in [-0.3, -0.25) is 0 Å². The number of nitrogens with zero attached hydrogens (tertiary/aromatic N) is 2. The fourth-order valence-electron chi connectivity index (χ4n) is 3.55. The fraction of sp³-hybridized carbons (Fsp3) is 0.280. The molecule has 3 rings (SSSR count). The van der Waals surface area contributed by atoms with Gasteiger partial charge < -0.3 is 24.7 Å². The number of halogens is 2. The number of hydrogen-bond donors (Lipinski definition) is 2. The summed E-state index contributed by atoms with van der Waals surface area (Å²) >= 11 is 6.24. The topological polar surface area (TPSA) is 98.4 Å². The van der Waals surface area contributed by atoms with Gasteiger partial charge in [-0.1, -0.05) is 37.6 Å². The van der Waals surface area contributed by atoms with E-state index in [9.17, 15) is 24.5 Å². The second-order valence-electron chi connectivity index (χ2n) is 8.08. The Kier molecular flexibility index (Phi) is 10.5. The van der Waals surface area contributed by atoms with Gasteiger partial charge >= 0.3 is 29.6 Å². The molecule has 0 amide bonds. The van der Waals surface area contributed by atoms with Crippen LogP contribution in [0.5, 0.6) is 0 Å². The van der Waals surface area contributed by atoms with Crippen LogP contribution in [0.15, 0.2) is 54.6 Å². The maximum absolute atomic E-state index is 13.5. The Morgan fingerprint density at radius 1 is 1.18 bits per heavy atom. The molecule has 1 heterocycles. The zero-order valence-electron chi connectivity index (χ0n) is 19.3. The van der Waals surface area contributed by atoms with Crippen LogP contribution in [0, 0.1) is 5.82 Å². The van der Waals surface area contributed by atoms with E-state index in [1.807, 2.05) is 30.5 Å². The van der Waals surface area contributed by atoms with Gasteiger partial charge in [-0.2, -0.15) is 0 Å². The third-order valence-electron chi connectivity index (χ3n) is 5.04. The molecule has 34 heavy (non-hydrogen) atoms. The molecule has 0 spiro atoms. The zero-order chi connectivity index (χ0) is 24.1. The molecule has 9 heteroatoms. The minimum atomic E-state index is -1.39. The van der Waals surface area contributed by atoms with E-state index >= 15 is 0 Å². The van der Waals surface area contributed by atoms with Crippen LogP contribution in [0.2, 0.25) is 5.02 Å². The number of aliphatic hydroxyl groups excluding tert-OH is 2. The number of carbonyl (C=O) groups is 1. The molecule has 1 aromatic heterocycles. The molecule has 0 aliphatic heterocycles. The summed E-state index contributed by atoms with van der Waals surface area (Å²) in [6.07, 6.45) is 0.0622. The summed E-state index contributed by atoms with van der Waals surface area (Å²) in [6, 6.07) is 13.3. The predicted octanol–water partition coefficient (Wildman–Crippen LogP) is 0.860. The maximum atomic E-state index is 13.5. The summed E-state index contributed by atoms with van der Waals surface area (Å²) < 4.78 is 15.4. The number of aromatic nitrogens is 2. The number of carbonyl (C=O) groups excluding carboxylic acids is 1. The first-order valence-electron chi connectivity index (χ1n) is 10.5. The third-order valence-corrected chi connectivity index (χ3v) is 5.28. The standard InChI is InChI=1S/C25H26ClFN2O4.Na/c1-15(2)25-28-23(16-6-8-19(27)9-7-16)24(17-4-3-5-18(26)12-17)29(25)11-10-20(30)13-21(31)14-22(32)33;/h3-12,15,20-21,30-31H,13-14H2,1-2H3,(H,32,33);/q;+1/p-1/b11-10+;/t20-,21-;/m1./s1. The first-order valence-corrected chi connectivity index (χ1v) is 10.9. The van der Waals surface area contributed by atoms with Crippen molar-refractivity contribution in [2.75, 3.05) is 0 Å². The molecular weight excluding hydrogens is 470 g/mol. The first kappa shape index (κ1) is 28.2. The SMILES string of the molecule is CC(C)c1nc(-c2ccc(F)cc2)c(-c2cccc(Cl)c2)n1/C=C/[C@@H](O)C[C@@H](O)CC(=O)[O-].[Na+].